The molecule has 0 amide bonds. The molecule has 0 bridgehead atoms. The normalized spacial score (nSPS) is 18.2. The summed E-state index contributed by atoms with van der Waals surface area (Å²) in [5, 5.41) is 3.36. The molecule has 1 unspecified atom stereocenters. The van der Waals surface area contributed by atoms with Gasteiger partial charge >= 0.3 is 0 Å². The number of nitrogens with one attached hydrogen (secondary N) is 1. The van der Waals surface area contributed by atoms with Crippen molar-refractivity contribution in [2.45, 2.75) is 39.8 Å². The second-order valence-electron chi connectivity index (χ2n) is 5.24. The lowest BCUT2D eigenvalue weighted by atomic mass is 9.99. The van der Waals surface area contributed by atoms with Crippen LogP contribution in [0.2, 0.25) is 0 Å². The van der Waals surface area contributed by atoms with Gasteiger partial charge in [-0.05, 0) is 32.9 Å². The van der Waals surface area contributed by atoms with Gasteiger partial charge in [0.15, 0.2) is 0 Å². The average Bonchev–Trinajstić information content (AvgIpc) is 2.20. The largest absolute Gasteiger partial charge is 0.314 e. The molecule has 94 valence electrons. The highest BCUT2D eigenvalue weighted by Crippen LogP contribution is 2.25. The molecule has 1 aliphatic rings. The van der Waals surface area contributed by atoms with E-state index in [9.17, 15) is 0 Å². The lowest BCUT2D eigenvalue weighted by molar-refractivity contribution is 0.110. The van der Waals surface area contributed by atoms with Gasteiger partial charge in [-0.1, -0.05) is 36.2 Å². The van der Waals surface area contributed by atoms with Crippen LogP contribution in [0.5, 0.6) is 0 Å². The summed E-state index contributed by atoms with van der Waals surface area (Å²) in [5.41, 5.74) is 4.19. The standard InChI is InChI=1S/C15H24N2/c1-5-17(15-9-16-10-15)13(4)14-7-11(2)6-12(3)8-14/h6-8,13,15-16H,5,9-10H2,1-4H3. The van der Waals surface area contributed by atoms with Crippen LogP contribution in [-0.4, -0.2) is 30.6 Å². The topological polar surface area (TPSA) is 15.3 Å². The smallest absolute Gasteiger partial charge is 0.0351 e. The monoisotopic (exact) mass is 232 g/mol. The van der Waals surface area contributed by atoms with Gasteiger partial charge < -0.3 is 5.32 Å². The van der Waals surface area contributed by atoms with Gasteiger partial charge in [0.2, 0.25) is 0 Å². The molecule has 1 aliphatic heterocycles. The first kappa shape index (κ1) is 12.6. The molecule has 0 aliphatic carbocycles. The van der Waals surface area contributed by atoms with E-state index in [1.807, 2.05) is 0 Å². The minimum absolute atomic E-state index is 0.519. The maximum Gasteiger partial charge on any atom is 0.0351 e. The molecule has 1 fully saturated rings. The lowest BCUT2D eigenvalue weighted by Crippen LogP contribution is -2.57. The van der Waals surface area contributed by atoms with E-state index >= 15 is 0 Å². The quantitative estimate of drug-likeness (QED) is 0.858. The van der Waals surface area contributed by atoms with Crippen molar-refractivity contribution in [2.75, 3.05) is 19.6 Å². The molecule has 1 aromatic rings. The number of hydrogen-bond acceptors (Lipinski definition) is 2. The summed E-state index contributed by atoms with van der Waals surface area (Å²) in [7, 11) is 0. The van der Waals surface area contributed by atoms with Crippen LogP contribution in [0.3, 0.4) is 0 Å². The van der Waals surface area contributed by atoms with Crippen LogP contribution < -0.4 is 5.32 Å². The summed E-state index contributed by atoms with van der Waals surface area (Å²) in [4.78, 5) is 2.60. The van der Waals surface area contributed by atoms with Crippen LogP contribution in [-0.2, 0) is 0 Å². The average molecular weight is 232 g/mol. The Bertz CT molecular complexity index is 362. The predicted molar refractivity (Wildman–Crippen MR) is 73.4 cm³/mol. The van der Waals surface area contributed by atoms with E-state index in [-0.39, 0.29) is 0 Å². The lowest BCUT2D eigenvalue weighted by Gasteiger charge is -2.41. The first-order valence-electron chi connectivity index (χ1n) is 6.66. The second-order valence-corrected chi connectivity index (χ2v) is 5.24. The number of rotatable bonds is 4. The Balaban J connectivity index is 2.18. The minimum atomic E-state index is 0.519. The molecule has 0 saturated carbocycles. The maximum absolute atomic E-state index is 3.36. The van der Waals surface area contributed by atoms with E-state index < -0.39 is 0 Å². The molecular weight excluding hydrogens is 208 g/mol. The van der Waals surface area contributed by atoms with Crippen LogP contribution in [0.4, 0.5) is 0 Å². The number of aryl methyl sites for hydroxylation is 2. The maximum atomic E-state index is 3.36. The van der Waals surface area contributed by atoms with E-state index in [0.29, 0.717) is 6.04 Å². The van der Waals surface area contributed by atoms with Gasteiger partial charge in [0.1, 0.15) is 0 Å². The Morgan fingerprint density at radius 3 is 2.24 bits per heavy atom. The van der Waals surface area contributed by atoms with Gasteiger partial charge in [0, 0.05) is 25.2 Å². The Labute approximate surface area is 105 Å². The van der Waals surface area contributed by atoms with Crippen molar-refractivity contribution >= 4 is 0 Å². The van der Waals surface area contributed by atoms with Crippen molar-refractivity contribution in [3.8, 4) is 0 Å². The summed E-state index contributed by atoms with van der Waals surface area (Å²) in [6, 6.07) is 8.14. The van der Waals surface area contributed by atoms with Crippen LogP contribution in [0, 0.1) is 13.8 Å². The Morgan fingerprint density at radius 2 is 1.82 bits per heavy atom. The van der Waals surface area contributed by atoms with Crippen LogP contribution in [0.1, 0.15) is 36.6 Å². The first-order chi connectivity index (χ1) is 8.11. The fourth-order valence-electron chi connectivity index (χ4n) is 2.80. The molecule has 0 spiro atoms. The van der Waals surface area contributed by atoms with Crippen molar-refractivity contribution in [1.29, 1.82) is 0 Å². The van der Waals surface area contributed by atoms with Crippen molar-refractivity contribution < 1.29 is 0 Å². The van der Waals surface area contributed by atoms with Crippen LogP contribution >= 0.6 is 0 Å². The summed E-state index contributed by atoms with van der Waals surface area (Å²) in [5.74, 6) is 0. The molecule has 0 radical (unpaired) electrons. The number of benzene rings is 1. The predicted octanol–water partition coefficient (Wildman–Crippen LogP) is 2.66. The van der Waals surface area contributed by atoms with Crippen molar-refractivity contribution in [2.24, 2.45) is 0 Å². The first-order valence-corrected chi connectivity index (χ1v) is 6.66. The highest BCUT2D eigenvalue weighted by Gasteiger charge is 2.27. The van der Waals surface area contributed by atoms with Crippen molar-refractivity contribution in [1.82, 2.24) is 10.2 Å². The van der Waals surface area contributed by atoms with Crippen LogP contribution in [0.15, 0.2) is 18.2 Å². The zero-order valence-corrected chi connectivity index (χ0v) is 11.5. The fraction of sp³-hybridized carbons (Fsp3) is 0.600. The second kappa shape index (κ2) is 5.19. The Morgan fingerprint density at radius 1 is 1.24 bits per heavy atom. The molecule has 0 aromatic heterocycles. The molecule has 1 heterocycles. The van der Waals surface area contributed by atoms with Gasteiger partial charge in [0.05, 0.1) is 0 Å². The molecule has 17 heavy (non-hydrogen) atoms. The zero-order chi connectivity index (χ0) is 12.4. The van der Waals surface area contributed by atoms with E-state index in [1.54, 1.807) is 0 Å². The molecule has 1 aromatic carbocycles. The molecule has 1 atom stereocenters. The number of hydrogen-bond donors (Lipinski definition) is 1. The van der Waals surface area contributed by atoms with Gasteiger partial charge in [0.25, 0.3) is 0 Å². The SMILES string of the molecule is CCN(C1CNC1)C(C)c1cc(C)cc(C)c1. The van der Waals surface area contributed by atoms with E-state index in [4.69, 9.17) is 0 Å². The summed E-state index contributed by atoms with van der Waals surface area (Å²) < 4.78 is 0. The fourth-order valence-corrected chi connectivity index (χ4v) is 2.80. The molecule has 2 heteroatoms. The molecule has 1 saturated heterocycles. The highest BCUT2D eigenvalue weighted by atomic mass is 15.2. The minimum Gasteiger partial charge on any atom is -0.314 e. The molecule has 1 N–H and O–H groups in total. The number of nitrogens with zero attached hydrogens (tertiary/aromatic N) is 1. The van der Waals surface area contributed by atoms with Crippen molar-refractivity contribution in [3.05, 3.63) is 34.9 Å². The summed E-state index contributed by atoms with van der Waals surface area (Å²) >= 11 is 0. The third kappa shape index (κ3) is 2.70. The van der Waals surface area contributed by atoms with E-state index in [0.717, 1.165) is 25.7 Å². The van der Waals surface area contributed by atoms with Crippen LogP contribution in [0.25, 0.3) is 0 Å². The van der Waals surface area contributed by atoms with Gasteiger partial charge in [-0.2, -0.15) is 0 Å². The van der Waals surface area contributed by atoms with Crippen molar-refractivity contribution in [3.63, 3.8) is 0 Å². The van der Waals surface area contributed by atoms with E-state index in [2.05, 4.69) is 56.1 Å². The molecular formula is C15H24N2. The van der Waals surface area contributed by atoms with Gasteiger partial charge in [-0.3, -0.25) is 4.90 Å². The van der Waals surface area contributed by atoms with E-state index in [1.165, 1.54) is 16.7 Å². The Hall–Kier alpha value is -0.860. The summed E-state index contributed by atoms with van der Waals surface area (Å²) in [6.45, 7) is 12.4. The van der Waals surface area contributed by atoms with Gasteiger partial charge in [-0.25, -0.2) is 0 Å². The van der Waals surface area contributed by atoms with Gasteiger partial charge in [-0.15, -0.1) is 0 Å². The molecule has 2 rings (SSSR count). The third-order valence-corrected chi connectivity index (χ3v) is 3.82. The Kier molecular flexibility index (Phi) is 3.85. The third-order valence-electron chi connectivity index (χ3n) is 3.82. The number of likely N-dealkylation sites (N-methyl/N-ethyl adjacent to an activating group) is 1. The summed E-state index contributed by atoms with van der Waals surface area (Å²) in [6.07, 6.45) is 0. The zero-order valence-electron chi connectivity index (χ0n) is 11.5. The highest BCUT2D eigenvalue weighted by molar-refractivity contribution is 5.30. The molecule has 2 nitrogen and oxygen atoms in total.